The van der Waals surface area contributed by atoms with Crippen molar-refractivity contribution in [2.75, 3.05) is 0 Å². The van der Waals surface area contributed by atoms with Gasteiger partial charge in [-0.1, -0.05) is 78.3 Å². The molecular weight excluding hydrogens is 438 g/mol. The molecule has 1 aliphatic rings. The summed E-state index contributed by atoms with van der Waals surface area (Å²) < 4.78 is 0. The topological polar surface area (TPSA) is 30.0 Å². The van der Waals surface area contributed by atoms with Gasteiger partial charge in [-0.05, 0) is 77.1 Å². The van der Waals surface area contributed by atoms with Crippen molar-refractivity contribution in [1.29, 1.82) is 0 Å². The predicted octanol–water partition coefficient (Wildman–Crippen LogP) is 8.01. The highest BCUT2D eigenvalue weighted by Gasteiger charge is 2.20. The minimum absolute atomic E-state index is 0.0611. The van der Waals surface area contributed by atoms with Gasteiger partial charge in [0, 0.05) is 21.7 Å². The van der Waals surface area contributed by atoms with E-state index in [0.29, 0.717) is 16.3 Å². The van der Waals surface area contributed by atoms with Crippen molar-refractivity contribution in [1.82, 2.24) is 4.98 Å². The van der Waals surface area contributed by atoms with Crippen LogP contribution in [0.25, 0.3) is 38.9 Å². The van der Waals surface area contributed by atoms with Crippen LogP contribution in [0.2, 0.25) is 5.02 Å². The number of pyridine rings is 1. The van der Waals surface area contributed by atoms with E-state index in [0.717, 1.165) is 40.4 Å². The van der Waals surface area contributed by atoms with Gasteiger partial charge in [0.2, 0.25) is 0 Å². The third kappa shape index (κ3) is 3.43. The van der Waals surface area contributed by atoms with Crippen molar-refractivity contribution in [3.05, 3.63) is 118 Å². The van der Waals surface area contributed by atoms with Crippen LogP contribution in [-0.4, -0.2) is 10.8 Å². The van der Waals surface area contributed by atoms with Crippen molar-refractivity contribution >= 4 is 45.1 Å². The first kappa shape index (κ1) is 20.8. The van der Waals surface area contributed by atoms with Crippen LogP contribution in [0, 0.1) is 6.92 Å². The largest absolute Gasteiger partial charge is 0.289 e. The molecule has 0 fully saturated rings. The maximum atomic E-state index is 13.7. The number of rotatable bonds is 4. The van der Waals surface area contributed by atoms with Gasteiger partial charge in [0.25, 0.3) is 0 Å². The SMILES string of the molecule is Cc1nc2ccc(Cl)cc2c(-c2ccccc2)c1C(=O)/C=C/c1ccc2c3c(cccc13)CC2. The van der Waals surface area contributed by atoms with Gasteiger partial charge in [0.1, 0.15) is 0 Å². The smallest absolute Gasteiger partial charge is 0.188 e. The molecule has 0 amide bonds. The first-order chi connectivity index (χ1) is 16.6. The second-order valence-corrected chi connectivity index (χ2v) is 9.26. The molecular formula is C31H22ClNO. The van der Waals surface area contributed by atoms with Crippen molar-refractivity contribution in [3.63, 3.8) is 0 Å². The fourth-order valence-corrected chi connectivity index (χ4v) is 5.40. The molecule has 0 spiro atoms. The summed E-state index contributed by atoms with van der Waals surface area (Å²) in [6.45, 7) is 1.90. The number of fused-ring (bicyclic) bond motifs is 1. The number of ketones is 1. The van der Waals surface area contributed by atoms with Crippen molar-refractivity contribution in [2.24, 2.45) is 0 Å². The van der Waals surface area contributed by atoms with Gasteiger partial charge in [-0.25, -0.2) is 0 Å². The van der Waals surface area contributed by atoms with Crippen LogP contribution in [0.4, 0.5) is 0 Å². The number of nitrogens with zero attached hydrogens (tertiary/aromatic N) is 1. The average molecular weight is 460 g/mol. The summed E-state index contributed by atoms with van der Waals surface area (Å²) in [5.41, 5.74) is 7.86. The Balaban J connectivity index is 1.51. The number of aromatic nitrogens is 1. The van der Waals surface area contributed by atoms with Crippen molar-refractivity contribution < 1.29 is 4.79 Å². The molecule has 0 atom stereocenters. The number of hydrogen-bond donors (Lipinski definition) is 0. The predicted molar refractivity (Wildman–Crippen MR) is 142 cm³/mol. The molecule has 0 saturated heterocycles. The number of halogens is 1. The molecule has 1 aromatic heterocycles. The van der Waals surface area contributed by atoms with Crippen LogP contribution in [0.3, 0.4) is 0 Å². The van der Waals surface area contributed by atoms with E-state index in [9.17, 15) is 4.79 Å². The van der Waals surface area contributed by atoms with E-state index in [-0.39, 0.29) is 5.78 Å². The Kier molecular flexibility index (Phi) is 5.04. The Labute approximate surface area is 203 Å². The molecule has 1 aliphatic carbocycles. The zero-order valence-electron chi connectivity index (χ0n) is 18.8. The van der Waals surface area contributed by atoms with E-state index < -0.39 is 0 Å². The molecule has 4 aromatic carbocycles. The van der Waals surface area contributed by atoms with E-state index >= 15 is 0 Å². The molecule has 164 valence electrons. The molecule has 6 rings (SSSR count). The summed E-state index contributed by atoms with van der Waals surface area (Å²) in [5, 5.41) is 4.06. The van der Waals surface area contributed by atoms with E-state index in [1.807, 2.05) is 61.5 Å². The molecule has 0 radical (unpaired) electrons. The molecule has 0 saturated carbocycles. The summed E-state index contributed by atoms with van der Waals surface area (Å²) in [5.74, 6) is -0.0611. The molecule has 34 heavy (non-hydrogen) atoms. The minimum atomic E-state index is -0.0611. The molecule has 2 nitrogen and oxygen atoms in total. The lowest BCUT2D eigenvalue weighted by molar-refractivity contribution is 0.104. The molecule has 0 N–H and O–H groups in total. The molecule has 3 heteroatoms. The highest BCUT2D eigenvalue weighted by Crippen LogP contribution is 2.36. The lowest BCUT2D eigenvalue weighted by Gasteiger charge is -2.14. The number of hydrogen-bond acceptors (Lipinski definition) is 2. The number of benzene rings is 4. The third-order valence-electron chi connectivity index (χ3n) is 6.76. The molecule has 1 heterocycles. The molecule has 0 bridgehead atoms. The summed E-state index contributed by atoms with van der Waals surface area (Å²) in [4.78, 5) is 18.4. The van der Waals surface area contributed by atoms with Gasteiger partial charge in [-0.2, -0.15) is 0 Å². The lowest BCUT2D eigenvalue weighted by Crippen LogP contribution is -2.05. The van der Waals surface area contributed by atoms with Crippen LogP contribution in [0.1, 0.15) is 32.7 Å². The fraction of sp³-hybridized carbons (Fsp3) is 0.0968. The first-order valence-corrected chi connectivity index (χ1v) is 11.9. The summed E-state index contributed by atoms with van der Waals surface area (Å²) in [6, 6.07) is 26.4. The van der Waals surface area contributed by atoms with Crippen molar-refractivity contribution in [3.8, 4) is 11.1 Å². The lowest BCUT2D eigenvalue weighted by atomic mass is 9.91. The van der Waals surface area contributed by atoms with Crippen molar-refractivity contribution in [2.45, 2.75) is 19.8 Å². The van der Waals surface area contributed by atoms with Gasteiger partial charge in [0.05, 0.1) is 11.1 Å². The van der Waals surface area contributed by atoms with E-state index in [1.165, 1.54) is 21.9 Å². The number of aryl methyl sites for hydroxylation is 3. The van der Waals surface area contributed by atoms with Gasteiger partial charge < -0.3 is 0 Å². The van der Waals surface area contributed by atoms with Gasteiger partial charge >= 0.3 is 0 Å². The first-order valence-electron chi connectivity index (χ1n) is 11.5. The Morgan fingerprint density at radius 3 is 2.50 bits per heavy atom. The van der Waals surface area contributed by atoms with Crippen LogP contribution < -0.4 is 0 Å². The van der Waals surface area contributed by atoms with Gasteiger partial charge in [-0.15, -0.1) is 0 Å². The second kappa shape index (κ2) is 8.23. The normalized spacial score (nSPS) is 12.8. The summed E-state index contributed by atoms with van der Waals surface area (Å²) in [6.07, 6.45) is 5.80. The second-order valence-electron chi connectivity index (χ2n) is 8.83. The highest BCUT2D eigenvalue weighted by atomic mass is 35.5. The van der Waals surface area contributed by atoms with Gasteiger partial charge in [-0.3, -0.25) is 9.78 Å². The quantitative estimate of drug-likeness (QED) is 0.201. The van der Waals surface area contributed by atoms with Crippen LogP contribution >= 0.6 is 11.6 Å². The Morgan fingerprint density at radius 1 is 0.882 bits per heavy atom. The van der Waals surface area contributed by atoms with Crippen LogP contribution in [0.15, 0.2) is 84.9 Å². The minimum Gasteiger partial charge on any atom is -0.289 e. The third-order valence-corrected chi connectivity index (χ3v) is 7.00. The summed E-state index contributed by atoms with van der Waals surface area (Å²) in [7, 11) is 0. The van der Waals surface area contributed by atoms with E-state index in [2.05, 4.69) is 30.3 Å². The Morgan fingerprint density at radius 2 is 1.68 bits per heavy atom. The maximum absolute atomic E-state index is 13.7. The van der Waals surface area contributed by atoms with Crippen LogP contribution in [-0.2, 0) is 12.8 Å². The highest BCUT2D eigenvalue weighted by molar-refractivity contribution is 6.31. The zero-order chi connectivity index (χ0) is 23.2. The molecule has 0 aliphatic heterocycles. The Hall–Kier alpha value is -3.75. The summed E-state index contributed by atoms with van der Waals surface area (Å²) >= 11 is 6.35. The van der Waals surface area contributed by atoms with E-state index in [1.54, 1.807) is 6.08 Å². The van der Waals surface area contributed by atoms with Gasteiger partial charge in [0.15, 0.2) is 5.78 Å². The molecule has 0 unspecified atom stereocenters. The maximum Gasteiger partial charge on any atom is 0.188 e. The average Bonchev–Trinajstić information content (AvgIpc) is 3.28. The zero-order valence-corrected chi connectivity index (χ0v) is 19.6. The monoisotopic (exact) mass is 459 g/mol. The Bertz CT molecular complexity index is 1620. The van der Waals surface area contributed by atoms with E-state index in [4.69, 9.17) is 16.6 Å². The number of carbonyl (C=O) groups is 1. The standard InChI is InChI=1S/C31H22ClNO/c1-19-29(31(21-6-3-2-4-7-21)26-18-24(32)15-16-27(26)33-19)28(34)17-14-20-10-11-23-13-12-22-8-5-9-25(20)30(22)23/h2-11,14-18H,12-13H2,1H3/b17-14+. The molecule has 5 aromatic rings. The number of carbonyl (C=O) groups excluding carboxylic acids is 1. The van der Waals surface area contributed by atoms with Crippen LogP contribution in [0.5, 0.6) is 0 Å². The number of allylic oxidation sites excluding steroid dienone is 1. The fourth-order valence-electron chi connectivity index (χ4n) is 5.23.